The number of carbonyl (C=O) groups is 2. The van der Waals surface area contributed by atoms with Crippen LogP contribution in [0.3, 0.4) is 0 Å². The number of nitrogens with two attached hydrogens (primary N) is 1. The maximum absolute atomic E-state index is 13.8. The van der Waals surface area contributed by atoms with Crippen molar-refractivity contribution in [2.24, 2.45) is 5.73 Å². The van der Waals surface area contributed by atoms with Crippen molar-refractivity contribution < 1.29 is 34.8 Å². The highest BCUT2D eigenvalue weighted by Gasteiger charge is 2.48. The third-order valence-corrected chi connectivity index (χ3v) is 10.6. The molecule has 1 saturated heterocycles. The first kappa shape index (κ1) is 47.7. The van der Waals surface area contributed by atoms with Gasteiger partial charge in [0.05, 0.1) is 13.2 Å². The van der Waals surface area contributed by atoms with Crippen molar-refractivity contribution in [1.82, 2.24) is 10.2 Å². The van der Waals surface area contributed by atoms with Crippen LogP contribution in [0.25, 0.3) is 0 Å². The van der Waals surface area contributed by atoms with Crippen LogP contribution >= 0.6 is 0 Å². The fourth-order valence-corrected chi connectivity index (χ4v) is 7.18. The third kappa shape index (κ3) is 21.9. The zero-order valence-corrected chi connectivity index (χ0v) is 32.9. The maximum atomic E-state index is 13.8. The topological polar surface area (TPSA) is 166 Å². The maximum Gasteiger partial charge on any atom is 0.239 e. The molecule has 0 unspecified atom stereocenters. The van der Waals surface area contributed by atoms with Crippen LogP contribution in [0.5, 0.6) is 0 Å². The van der Waals surface area contributed by atoms with Crippen LogP contribution in [0.15, 0.2) is 0 Å². The summed E-state index contributed by atoms with van der Waals surface area (Å²) in [5, 5.41) is 43.6. The highest BCUT2D eigenvalue weighted by atomic mass is 16.5. The van der Waals surface area contributed by atoms with Crippen molar-refractivity contribution in [3.05, 3.63) is 0 Å². The van der Waals surface area contributed by atoms with Crippen molar-refractivity contribution in [1.29, 1.82) is 0 Å². The minimum absolute atomic E-state index is 0.136. The van der Waals surface area contributed by atoms with Crippen molar-refractivity contribution in [2.75, 3.05) is 19.8 Å². The van der Waals surface area contributed by atoms with Gasteiger partial charge in [0.25, 0.3) is 0 Å². The number of aliphatic hydroxyl groups is 4. The zero-order chi connectivity index (χ0) is 37.5. The monoisotopic (exact) mass is 728 g/mol. The summed E-state index contributed by atoms with van der Waals surface area (Å²) in [5.74, 6) is -0.854. The molecule has 0 spiro atoms. The first-order valence-corrected chi connectivity index (χ1v) is 21.4. The Balaban J connectivity index is 2.63. The molecular weight excluding hydrogens is 646 g/mol. The van der Waals surface area contributed by atoms with Gasteiger partial charge in [-0.05, 0) is 12.8 Å². The van der Waals surface area contributed by atoms with Crippen molar-refractivity contribution >= 4 is 11.8 Å². The summed E-state index contributed by atoms with van der Waals surface area (Å²) >= 11 is 0. The number of hydrogen-bond donors (Lipinski definition) is 6. The normalized spacial score (nSPS) is 21.1. The molecule has 0 aliphatic carbocycles. The Kier molecular flexibility index (Phi) is 30.1. The molecule has 1 fully saturated rings. The quantitative estimate of drug-likeness (QED) is 0.0385. The van der Waals surface area contributed by atoms with Gasteiger partial charge in [-0.3, -0.25) is 9.59 Å². The van der Waals surface area contributed by atoms with Crippen LogP contribution in [0.1, 0.15) is 194 Å². The van der Waals surface area contributed by atoms with E-state index in [2.05, 4.69) is 19.2 Å². The minimum atomic E-state index is -1.50. The van der Waals surface area contributed by atoms with Gasteiger partial charge in [0, 0.05) is 13.0 Å². The van der Waals surface area contributed by atoms with Crippen molar-refractivity contribution in [3.63, 3.8) is 0 Å². The van der Waals surface area contributed by atoms with Gasteiger partial charge in [-0.2, -0.15) is 0 Å². The fourth-order valence-electron chi connectivity index (χ4n) is 7.18. The number of nitrogens with zero attached hydrogens (tertiary/aromatic N) is 1. The molecule has 10 heteroatoms. The second kappa shape index (κ2) is 32.2. The van der Waals surface area contributed by atoms with Gasteiger partial charge in [0.1, 0.15) is 30.4 Å². The molecule has 2 amide bonds. The second-order valence-corrected chi connectivity index (χ2v) is 15.2. The molecular formula is C41H81N3O7. The molecule has 0 saturated carbocycles. The van der Waals surface area contributed by atoms with E-state index in [1.165, 1.54) is 122 Å². The van der Waals surface area contributed by atoms with E-state index in [1.54, 1.807) is 4.90 Å². The number of carbonyl (C=O) groups excluding carboxylic acids is 2. The molecule has 0 bridgehead atoms. The van der Waals surface area contributed by atoms with E-state index in [-0.39, 0.29) is 5.91 Å². The Labute approximate surface area is 312 Å². The average Bonchev–Trinajstić information content (AvgIpc) is 3.13. The van der Waals surface area contributed by atoms with Crippen LogP contribution in [-0.4, -0.2) is 93.5 Å². The van der Waals surface area contributed by atoms with E-state index >= 15 is 0 Å². The molecule has 1 heterocycles. The summed E-state index contributed by atoms with van der Waals surface area (Å²) in [4.78, 5) is 28.0. The summed E-state index contributed by atoms with van der Waals surface area (Å²) < 4.78 is 6.04. The van der Waals surface area contributed by atoms with E-state index in [9.17, 15) is 30.0 Å². The molecule has 0 aromatic carbocycles. The molecule has 6 atom stereocenters. The number of nitrogens with one attached hydrogen (secondary N) is 1. The van der Waals surface area contributed by atoms with Gasteiger partial charge >= 0.3 is 0 Å². The standard InChI is InChI=1S/C41H81N3O7/c1-3-5-7-9-11-13-15-16-17-18-19-21-23-25-27-29-31-44(36(47)30-28-26-24-22-20-14-12-10-8-6-4-2)41-37(43-40(50)34(42)32-45)39(49)38(48)35(33-46)51-41/h34-35,37-39,41,45-46,48-49H,3-33,42H2,1-2H3,(H,43,50)/t34-,35+,37+,38+,39+,41+/m0/s1. The lowest BCUT2D eigenvalue weighted by Gasteiger charge is -2.47. The lowest BCUT2D eigenvalue weighted by Crippen LogP contribution is -2.69. The predicted molar refractivity (Wildman–Crippen MR) is 207 cm³/mol. The molecule has 1 rings (SSSR count). The number of hydrogen-bond acceptors (Lipinski definition) is 8. The Morgan fingerprint density at radius 2 is 1.02 bits per heavy atom. The van der Waals surface area contributed by atoms with Crippen LogP contribution < -0.4 is 11.1 Å². The van der Waals surface area contributed by atoms with Gasteiger partial charge in [0.15, 0.2) is 6.23 Å². The van der Waals surface area contributed by atoms with Crippen LogP contribution in [-0.2, 0) is 14.3 Å². The highest BCUT2D eigenvalue weighted by Crippen LogP contribution is 2.26. The fraction of sp³-hybridized carbons (Fsp3) is 0.951. The summed E-state index contributed by atoms with van der Waals surface area (Å²) in [6, 6.07) is -2.40. The van der Waals surface area contributed by atoms with E-state index in [0.717, 1.165) is 51.4 Å². The van der Waals surface area contributed by atoms with E-state index in [0.29, 0.717) is 13.0 Å². The summed E-state index contributed by atoms with van der Waals surface area (Å²) in [5.41, 5.74) is 5.74. The summed E-state index contributed by atoms with van der Waals surface area (Å²) in [6.45, 7) is 3.73. The van der Waals surface area contributed by atoms with Crippen LogP contribution in [0.2, 0.25) is 0 Å². The summed E-state index contributed by atoms with van der Waals surface area (Å²) in [6.07, 6.45) is 28.0. The Morgan fingerprint density at radius 3 is 1.41 bits per heavy atom. The Hall–Kier alpha value is -1.30. The molecule has 7 N–H and O–H groups in total. The van der Waals surface area contributed by atoms with Gasteiger partial charge < -0.3 is 41.1 Å². The molecule has 0 radical (unpaired) electrons. The average molecular weight is 728 g/mol. The van der Waals surface area contributed by atoms with E-state index in [4.69, 9.17) is 10.5 Å². The molecule has 51 heavy (non-hydrogen) atoms. The van der Waals surface area contributed by atoms with E-state index < -0.39 is 55.7 Å². The highest BCUT2D eigenvalue weighted by molar-refractivity contribution is 5.82. The molecule has 1 aliphatic heterocycles. The molecule has 302 valence electrons. The smallest absolute Gasteiger partial charge is 0.239 e. The number of rotatable bonds is 34. The zero-order valence-electron chi connectivity index (χ0n) is 32.9. The Morgan fingerprint density at radius 1 is 0.627 bits per heavy atom. The van der Waals surface area contributed by atoms with Gasteiger partial charge in [-0.1, -0.05) is 174 Å². The predicted octanol–water partition coefficient (Wildman–Crippen LogP) is 7.02. The van der Waals surface area contributed by atoms with Crippen molar-refractivity contribution in [3.8, 4) is 0 Å². The second-order valence-electron chi connectivity index (χ2n) is 15.2. The molecule has 1 aliphatic rings. The third-order valence-electron chi connectivity index (χ3n) is 10.6. The van der Waals surface area contributed by atoms with Crippen LogP contribution in [0, 0.1) is 0 Å². The molecule has 0 aromatic heterocycles. The van der Waals surface area contributed by atoms with Crippen molar-refractivity contribution in [2.45, 2.75) is 230 Å². The van der Waals surface area contributed by atoms with Gasteiger partial charge in [-0.25, -0.2) is 0 Å². The molecule has 0 aromatic rings. The number of unbranched alkanes of at least 4 members (excludes halogenated alkanes) is 25. The van der Waals surface area contributed by atoms with Crippen LogP contribution in [0.4, 0.5) is 0 Å². The minimum Gasteiger partial charge on any atom is -0.394 e. The first-order chi connectivity index (χ1) is 24.8. The lowest BCUT2D eigenvalue weighted by molar-refractivity contribution is -0.231. The van der Waals surface area contributed by atoms with Gasteiger partial charge in [-0.15, -0.1) is 0 Å². The lowest BCUT2D eigenvalue weighted by atomic mass is 9.94. The SMILES string of the molecule is CCCCCCCCCCCCCCCCCCN(C(=O)CCCCCCCCCCCCC)[C@@H]1O[C@H](CO)[C@@H](O)[C@H](O)[C@H]1NC(=O)[C@@H](N)CO. The number of ether oxygens (including phenoxy) is 1. The van der Waals surface area contributed by atoms with Gasteiger partial charge in [0.2, 0.25) is 11.8 Å². The van der Waals surface area contributed by atoms with E-state index in [1.807, 2.05) is 0 Å². The largest absolute Gasteiger partial charge is 0.394 e. The number of aliphatic hydroxyl groups excluding tert-OH is 4. The first-order valence-electron chi connectivity index (χ1n) is 21.4. The number of amides is 2. The Bertz CT molecular complexity index is 835. The molecule has 10 nitrogen and oxygen atoms in total. The summed E-state index contributed by atoms with van der Waals surface area (Å²) in [7, 11) is 0.